The lowest BCUT2D eigenvalue weighted by atomic mass is 9.84. The summed E-state index contributed by atoms with van der Waals surface area (Å²) in [4.78, 5) is 26.0. The molecule has 1 N–H and O–H groups in total. The summed E-state index contributed by atoms with van der Waals surface area (Å²) in [6, 6.07) is 11.7. The number of hydrogen-bond acceptors (Lipinski definition) is 9. The maximum absolute atomic E-state index is 13.5. The number of benzene rings is 3. The number of phenolic OH excluding ortho intramolecular Hbond substituents is 1. The molecule has 0 aliphatic carbocycles. The summed E-state index contributed by atoms with van der Waals surface area (Å²) >= 11 is 0. The molecule has 0 spiro atoms. The topological polar surface area (TPSA) is 114 Å². The van der Waals surface area contributed by atoms with E-state index >= 15 is 0 Å². The Morgan fingerprint density at radius 1 is 0.972 bits per heavy atom. The first kappa shape index (κ1) is 21.8. The summed E-state index contributed by atoms with van der Waals surface area (Å²) in [5.41, 5.74) is 1.76. The Labute approximate surface area is 204 Å². The largest absolute Gasteiger partial charge is 0.507 e. The number of fused-ring (bicyclic) bond motifs is 4. The molecular weight excluding hydrogens is 468 g/mol. The first-order valence-corrected chi connectivity index (χ1v) is 11.1. The van der Waals surface area contributed by atoms with Crippen LogP contribution in [0.15, 0.2) is 57.9 Å². The van der Waals surface area contributed by atoms with Gasteiger partial charge in [0.1, 0.15) is 34.5 Å². The van der Waals surface area contributed by atoms with Crippen molar-refractivity contribution in [2.45, 2.75) is 12.3 Å². The lowest BCUT2D eigenvalue weighted by Crippen LogP contribution is -2.22. The lowest BCUT2D eigenvalue weighted by molar-refractivity contribution is -0.135. The Morgan fingerprint density at radius 2 is 1.78 bits per heavy atom. The van der Waals surface area contributed by atoms with Crippen LogP contribution in [0.5, 0.6) is 34.5 Å². The first-order valence-electron chi connectivity index (χ1n) is 11.1. The number of ether oxygens (including phenoxy) is 5. The van der Waals surface area contributed by atoms with Crippen LogP contribution in [0.4, 0.5) is 0 Å². The van der Waals surface area contributed by atoms with Crippen molar-refractivity contribution in [2.75, 3.05) is 21.0 Å². The Kier molecular flexibility index (Phi) is 4.99. The Bertz CT molecular complexity index is 1580. The number of carbonyl (C=O) groups is 1. The number of aromatic hydroxyl groups is 1. The molecule has 36 heavy (non-hydrogen) atoms. The van der Waals surface area contributed by atoms with Crippen molar-refractivity contribution < 1.29 is 38.0 Å². The van der Waals surface area contributed by atoms with E-state index in [0.29, 0.717) is 39.7 Å². The normalized spacial score (nSPS) is 15.9. The second-order valence-electron chi connectivity index (χ2n) is 8.41. The van der Waals surface area contributed by atoms with E-state index in [1.807, 2.05) is 0 Å². The predicted molar refractivity (Wildman–Crippen MR) is 127 cm³/mol. The van der Waals surface area contributed by atoms with Crippen molar-refractivity contribution in [1.29, 1.82) is 0 Å². The summed E-state index contributed by atoms with van der Waals surface area (Å²) in [5.74, 6) is 0.796. The van der Waals surface area contributed by atoms with Gasteiger partial charge >= 0.3 is 5.97 Å². The highest BCUT2D eigenvalue weighted by molar-refractivity contribution is 5.94. The van der Waals surface area contributed by atoms with Crippen molar-refractivity contribution >= 4 is 16.9 Å². The molecule has 0 unspecified atom stereocenters. The van der Waals surface area contributed by atoms with E-state index in [2.05, 4.69) is 0 Å². The van der Waals surface area contributed by atoms with Crippen LogP contribution in [0.2, 0.25) is 0 Å². The number of phenols is 1. The number of esters is 1. The second kappa shape index (κ2) is 8.23. The zero-order valence-corrected chi connectivity index (χ0v) is 19.3. The molecular formula is C27H20O9. The van der Waals surface area contributed by atoms with Crippen LogP contribution in [0.3, 0.4) is 0 Å². The molecule has 6 rings (SSSR count). The molecule has 0 amide bonds. The van der Waals surface area contributed by atoms with E-state index in [0.717, 1.165) is 0 Å². The molecule has 0 radical (unpaired) electrons. The van der Waals surface area contributed by atoms with Gasteiger partial charge in [-0.25, -0.2) is 0 Å². The van der Waals surface area contributed by atoms with Gasteiger partial charge in [0, 0.05) is 17.5 Å². The van der Waals surface area contributed by atoms with Crippen molar-refractivity contribution in [2.24, 2.45) is 0 Å². The fourth-order valence-corrected chi connectivity index (χ4v) is 4.74. The summed E-state index contributed by atoms with van der Waals surface area (Å²) in [5, 5.41) is 10.8. The third kappa shape index (κ3) is 3.31. The average molecular weight is 488 g/mol. The van der Waals surface area contributed by atoms with Crippen LogP contribution in [-0.2, 0) is 4.79 Å². The number of methoxy groups -OCH3 is 2. The molecule has 3 aromatic carbocycles. The molecule has 4 aromatic rings. The summed E-state index contributed by atoms with van der Waals surface area (Å²) < 4.78 is 33.1. The zero-order chi connectivity index (χ0) is 25.0. The first-order chi connectivity index (χ1) is 17.5. The van der Waals surface area contributed by atoms with Gasteiger partial charge in [0.25, 0.3) is 0 Å². The summed E-state index contributed by atoms with van der Waals surface area (Å²) in [6.45, 7) is 0.0538. The quantitative estimate of drug-likeness (QED) is 0.331. The molecule has 0 fully saturated rings. The van der Waals surface area contributed by atoms with Gasteiger partial charge in [0.2, 0.25) is 18.0 Å². The Balaban J connectivity index is 1.56. The van der Waals surface area contributed by atoms with Crippen molar-refractivity contribution in [3.05, 3.63) is 70.1 Å². The van der Waals surface area contributed by atoms with Crippen LogP contribution in [0, 0.1) is 0 Å². The van der Waals surface area contributed by atoms with E-state index in [1.54, 1.807) is 43.5 Å². The van der Waals surface area contributed by atoms with Crippen LogP contribution in [0.25, 0.3) is 22.1 Å². The van der Waals surface area contributed by atoms with E-state index < -0.39 is 17.3 Å². The van der Waals surface area contributed by atoms with Crippen molar-refractivity contribution in [1.82, 2.24) is 0 Å². The van der Waals surface area contributed by atoms with Gasteiger partial charge < -0.3 is 33.2 Å². The van der Waals surface area contributed by atoms with Gasteiger partial charge in [-0.1, -0.05) is 12.1 Å². The Hall–Kier alpha value is -4.66. The number of carbonyl (C=O) groups excluding carboxylic acids is 1. The number of rotatable bonds is 4. The average Bonchev–Trinajstić information content (AvgIpc) is 3.36. The third-order valence-electron chi connectivity index (χ3n) is 6.45. The molecule has 1 atom stereocenters. The minimum atomic E-state index is -0.553. The van der Waals surface area contributed by atoms with Gasteiger partial charge in [0.15, 0.2) is 11.5 Å². The lowest BCUT2D eigenvalue weighted by Gasteiger charge is -2.26. The van der Waals surface area contributed by atoms with E-state index in [9.17, 15) is 14.7 Å². The molecule has 182 valence electrons. The van der Waals surface area contributed by atoms with Crippen molar-refractivity contribution in [3.8, 4) is 45.6 Å². The molecule has 3 heterocycles. The van der Waals surface area contributed by atoms with E-state index in [4.69, 9.17) is 28.1 Å². The fourth-order valence-electron chi connectivity index (χ4n) is 4.74. The highest BCUT2D eigenvalue weighted by Gasteiger charge is 2.35. The molecule has 0 saturated heterocycles. The SMILES string of the molecule is COc1ccc(-c2coc3c4c(cc(O)c3c2=O)OC(=O)C[C@@H]4c2cc(OC)c3c(c2)OCO3)cc1. The zero-order valence-electron chi connectivity index (χ0n) is 19.3. The third-order valence-corrected chi connectivity index (χ3v) is 6.45. The minimum absolute atomic E-state index is 0.00211. The van der Waals surface area contributed by atoms with Crippen LogP contribution < -0.4 is 29.1 Å². The number of hydrogen-bond donors (Lipinski definition) is 1. The van der Waals surface area contributed by atoms with E-state index in [1.165, 1.54) is 19.4 Å². The summed E-state index contributed by atoms with van der Waals surface area (Å²) in [6.07, 6.45) is 1.33. The van der Waals surface area contributed by atoms with Gasteiger partial charge in [-0.15, -0.1) is 0 Å². The fraction of sp³-hybridized carbons (Fsp3) is 0.185. The van der Waals surface area contributed by atoms with Gasteiger partial charge in [0.05, 0.1) is 26.2 Å². The standard InChI is InChI=1S/C27H20O9/c1-31-15-5-3-13(4-6-15)17-11-33-27-23-16(14-7-20(32-2)26-21(8-14)34-12-35-26)9-22(29)36-19(23)10-18(28)24(27)25(17)30/h3-8,10-11,16,28H,9,12H2,1-2H3/t16-/m1/s1. The highest BCUT2D eigenvalue weighted by atomic mass is 16.7. The molecule has 0 saturated carbocycles. The maximum Gasteiger partial charge on any atom is 0.312 e. The smallest absolute Gasteiger partial charge is 0.312 e. The molecule has 0 bridgehead atoms. The van der Waals surface area contributed by atoms with Gasteiger partial charge in [-0.3, -0.25) is 9.59 Å². The highest BCUT2D eigenvalue weighted by Crippen LogP contribution is 2.49. The van der Waals surface area contributed by atoms with Gasteiger partial charge in [-0.2, -0.15) is 0 Å². The van der Waals surface area contributed by atoms with Crippen LogP contribution in [-0.4, -0.2) is 32.1 Å². The van der Waals surface area contributed by atoms with Crippen LogP contribution in [0.1, 0.15) is 23.5 Å². The molecule has 9 nitrogen and oxygen atoms in total. The molecule has 1 aromatic heterocycles. The molecule has 2 aliphatic rings. The molecule has 9 heteroatoms. The Morgan fingerprint density at radius 3 is 2.53 bits per heavy atom. The van der Waals surface area contributed by atoms with Crippen molar-refractivity contribution in [3.63, 3.8) is 0 Å². The minimum Gasteiger partial charge on any atom is -0.507 e. The monoisotopic (exact) mass is 488 g/mol. The summed E-state index contributed by atoms with van der Waals surface area (Å²) in [7, 11) is 3.07. The predicted octanol–water partition coefficient (Wildman–Crippen LogP) is 4.35. The van der Waals surface area contributed by atoms with Crippen LogP contribution >= 0.6 is 0 Å². The maximum atomic E-state index is 13.5. The molecule has 2 aliphatic heterocycles. The van der Waals surface area contributed by atoms with E-state index in [-0.39, 0.29) is 41.2 Å². The van der Waals surface area contributed by atoms with Gasteiger partial charge in [-0.05, 0) is 35.4 Å². The second-order valence-corrected chi connectivity index (χ2v) is 8.41.